The Labute approximate surface area is 158 Å². The van der Waals surface area contributed by atoms with Crippen LogP contribution >= 0.6 is 0 Å². The average Bonchev–Trinajstić information content (AvgIpc) is 2.92. The van der Waals surface area contributed by atoms with Crippen LogP contribution < -0.4 is 0 Å². The molecule has 4 heteroatoms. The molecular weight excluding hydrogens is 417 g/mol. The van der Waals surface area contributed by atoms with E-state index >= 15 is 0 Å². The third-order valence-electron chi connectivity index (χ3n) is 5.31. The van der Waals surface area contributed by atoms with Crippen LogP contribution in [0.3, 0.4) is 0 Å². The van der Waals surface area contributed by atoms with Gasteiger partial charge in [-0.1, -0.05) is 0 Å². The van der Waals surface area contributed by atoms with Gasteiger partial charge in [0.1, 0.15) is 0 Å². The fraction of sp³-hybridized carbons (Fsp3) is 0.619. The molecule has 0 N–H and O–H groups in total. The van der Waals surface area contributed by atoms with Gasteiger partial charge in [-0.3, -0.25) is 0 Å². The Bertz CT molecular complexity index is 577. The van der Waals surface area contributed by atoms with Crippen LogP contribution in [0.15, 0.2) is 24.3 Å². The van der Waals surface area contributed by atoms with E-state index < -0.39 is 22.9 Å². The van der Waals surface area contributed by atoms with Gasteiger partial charge in [0.15, 0.2) is 0 Å². The number of amides is 2. The zero-order chi connectivity index (χ0) is 19.2. The van der Waals surface area contributed by atoms with E-state index in [0.717, 1.165) is 51.8 Å². The van der Waals surface area contributed by atoms with Gasteiger partial charge >= 0.3 is 159 Å². The number of carbonyl (C=O) groups is 2. The second kappa shape index (κ2) is 9.75. The summed E-state index contributed by atoms with van der Waals surface area (Å²) in [6, 6.07) is 7.05. The molecule has 0 unspecified atom stereocenters. The first-order valence-electron chi connectivity index (χ1n) is 10.5. The van der Waals surface area contributed by atoms with E-state index in [2.05, 4.69) is 20.8 Å². The Morgan fingerprint density at radius 3 is 1.60 bits per heavy atom. The van der Waals surface area contributed by atoms with Gasteiger partial charge in [-0.15, -0.1) is 0 Å². The zero-order valence-electron chi connectivity index (χ0n) is 17.0. The number of fused-ring (bicyclic) bond motifs is 1. The van der Waals surface area contributed by atoms with Crippen LogP contribution in [0, 0.1) is 0 Å². The average molecular weight is 451 g/mol. The van der Waals surface area contributed by atoms with Crippen molar-refractivity contribution in [3.8, 4) is 0 Å². The van der Waals surface area contributed by atoms with E-state index in [9.17, 15) is 9.59 Å². The van der Waals surface area contributed by atoms with E-state index in [1.807, 2.05) is 0 Å². The Morgan fingerprint density at radius 2 is 1.24 bits per heavy atom. The maximum absolute atomic E-state index is 12.9. The molecule has 2 rings (SSSR count). The van der Waals surface area contributed by atoms with Crippen molar-refractivity contribution in [1.82, 2.24) is 4.90 Å². The van der Waals surface area contributed by atoms with Crippen molar-refractivity contribution < 1.29 is 11.0 Å². The molecule has 1 heterocycles. The van der Waals surface area contributed by atoms with Crippen LogP contribution in [0.2, 0.25) is 13.3 Å². The molecule has 0 aromatic heterocycles. The molecule has 0 bridgehead atoms. The molecule has 3 nitrogen and oxygen atoms in total. The molecule has 2 amide bonds. The van der Waals surface area contributed by atoms with E-state index in [-0.39, 0.29) is 11.8 Å². The third-order valence-corrected chi connectivity index (χ3v) is 19.2. The summed E-state index contributed by atoms with van der Waals surface area (Å²) in [6.45, 7) is 6.58. The van der Waals surface area contributed by atoms with Crippen molar-refractivity contribution in [2.24, 2.45) is 0 Å². The van der Waals surface area contributed by atoms with Crippen LogP contribution in [-0.4, -0.2) is 39.6 Å². The van der Waals surface area contributed by atoms with Crippen molar-refractivity contribution in [1.29, 1.82) is 0 Å². The zero-order valence-corrected chi connectivity index (χ0v) is 18.9. The molecular formula is C21H33NO2Sn. The standard InChI is InChI=1S/C9H6NO2.3C4H9.Sn/c1-10-8(11)6-4-2-3-5-7(6)9(10)12;3*1-3-4-2;/h2-5H,1H2;3*1,3-4H2,2H3;/i1D;;;;. The van der Waals surface area contributed by atoms with Crippen LogP contribution in [-0.2, 0) is 0 Å². The van der Waals surface area contributed by atoms with Crippen LogP contribution in [0.4, 0.5) is 0 Å². The van der Waals surface area contributed by atoms with Gasteiger partial charge in [0.05, 0.1) is 0 Å². The van der Waals surface area contributed by atoms with Crippen molar-refractivity contribution in [3.05, 3.63) is 35.4 Å². The van der Waals surface area contributed by atoms with Crippen LogP contribution in [0.1, 0.15) is 81.4 Å². The fourth-order valence-corrected chi connectivity index (χ4v) is 18.3. The van der Waals surface area contributed by atoms with Crippen molar-refractivity contribution in [3.63, 3.8) is 0 Å². The number of hydrogen-bond donors (Lipinski definition) is 0. The normalized spacial score (nSPS) is 16.1. The summed E-state index contributed by atoms with van der Waals surface area (Å²) in [5.41, 5.74) is 0.966. The Kier molecular flexibility index (Phi) is 7.38. The van der Waals surface area contributed by atoms with E-state index in [1.54, 1.807) is 24.3 Å². The van der Waals surface area contributed by atoms with Crippen molar-refractivity contribution in [2.75, 3.05) is 4.54 Å². The fourth-order valence-electron chi connectivity index (χ4n) is 3.75. The second-order valence-corrected chi connectivity index (χ2v) is 20.1. The quantitative estimate of drug-likeness (QED) is 0.321. The first-order valence-corrected chi connectivity index (χ1v) is 17.6. The van der Waals surface area contributed by atoms with E-state index in [0.29, 0.717) is 11.1 Å². The Morgan fingerprint density at radius 1 is 0.840 bits per heavy atom. The third kappa shape index (κ3) is 4.87. The van der Waals surface area contributed by atoms with Gasteiger partial charge in [0.2, 0.25) is 0 Å². The van der Waals surface area contributed by atoms with Gasteiger partial charge in [0.25, 0.3) is 0 Å². The minimum atomic E-state index is -3.02. The molecule has 1 aromatic rings. The van der Waals surface area contributed by atoms with E-state index in [4.69, 9.17) is 1.37 Å². The molecule has 0 spiro atoms. The van der Waals surface area contributed by atoms with Crippen molar-refractivity contribution in [2.45, 2.75) is 72.6 Å². The van der Waals surface area contributed by atoms with E-state index in [1.165, 1.54) is 4.90 Å². The maximum atomic E-state index is 12.9. The first kappa shape index (κ1) is 18.9. The Hall–Kier alpha value is -0.841. The SMILES string of the molecule is [2H][C@H](N1C(=O)c2ccccc2C1=O)[Sn]([CH2]CCC)([CH2]CCC)[CH2]CCC. The molecule has 1 atom stereocenters. The monoisotopic (exact) mass is 452 g/mol. The topological polar surface area (TPSA) is 37.4 Å². The molecule has 1 aliphatic heterocycles. The summed E-state index contributed by atoms with van der Waals surface area (Å²) >= 11 is -3.02. The second-order valence-electron chi connectivity index (χ2n) is 7.33. The number of rotatable bonds is 11. The predicted octanol–water partition coefficient (Wildman–Crippen LogP) is 5.67. The van der Waals surface area contributed by atoms with Gasteiger partial charge in [-0.2, -0.15) is 0 Å². The van der Waals surface area contributed by atoms with Crippen molar-refractivity contribution >= 4 is 30.2 Å². The summed E-state index contributed by atoms with van der Waals surface area (Å²) in [5, 5.41) is 0. The number of hydrogen-bond acceptors (Lipinski definition) is 2. The molecule has 0 saturated carbocycles. The molecule has 0 saturated heterocycles. The molecule has 0 fully saturated rings. The predicted molar refractivity (Wildman–Crippen MR) is 107 cm³/mol. The summed E-state index contributed by atoms with van der Waals surface area (Å²) in [4.78, 5) is 27.2. The number of carbonyl (C=O) groups excluding carboxylic acids is 2. The number of unbranched alkanes of at least 4 members (excludes halogenated alkanes) is 3. The number of nitrogens with zero attached hydrogens (tertiary/aromatic N) is 1. The summed E-state index contributed by atoms with van der Waals surface area (Å²) in [5.74, 6) is -0.479. The number of benzene rings is 1. The summed E-state index contributed by atoms with van der Waals surface area (Å²) in [7, 11) is 0. The summed E-state index contributed by atoms with van der Waals surface area (Å²) < 4.78 is 11.9. The molecule has 1 aliphatic rings. The summed E-state index contributed by atoms with van der Waals surface area (Å²) in [6.07, 6.45) is 6.73. The van der Waals surface area contributed by atoms with Gasteiger partial charge in [0, 0.05) is 0 Å². The molecule has 138 valence electrons. The Balaban J connectivity index is 2.36. The van der Waals surface area contributed by atoms with Crippen LogP contribution in [0.5, 0.6) is 0 Å². The molecule has 0 aliphatic carbocycles. The minimum absolute atomic E-state index is 0.240. The van der Waals surface area contributed by atoms with Gasteiger partial charge in [-0.25, -0.2) is 0 Å². The molecule has 25 heavy (non-hydrogen) atoms. The molecule has 0 radical (unpaired) electrons. The van der Waals surface area contributed by atoms with Gasteiger partial charge < -0.3 is 0 Å². The van der Waals surface area contributed by atoms with Crippen LogP contribution in [0.25, 0.3) is 0 Å². The molecule has 1 aromatic carbocycles. The number of imide groups is 1. The first-order chi connectivity index (χ1) is 12.5. The van der Waals surface area contributed by atoms with Gasteiger partial charge in [-0.05, 0) is 0 Å².